The van der Waals surface area contributed by atoms with E-state index >= 15 is 0 Å². The van der Waals surface area contributed by atoms with Gasteiger partial charge in [0.25, 0.3) is 0 Å². The summed E-state index contributed by atoms with van der Waals surface area (Å²) in [6, 6.07) is 2.75. The van der Waals surface area contributed by atoms with Crippen molar-refractivity contribution >= 4 is 16.9 Å². The normalized spacial score (nSPS) is 11.8. The predicted molar refractivity (Wildman–Crippen MR) is 72.5 cm³/mol. The summed E-state index contributed by atoms with van der Waals surface area (Å²) in [5.41, 5.74) is 8.67. The first-order valence-corrected chi connectivity index (χ1v) is 6.41. The maximum atomic E-state index is 12.2. The number of aromatic nitrogens is 4. The highest BCUT2D eigenvalue weighted by Crippen LogP contribution is 2.27. The molecule has 3 heterocycles. The molecule has 0 aliphatic heterocycles. The van der Waals surface area contributed by atoms with Crippen LogP contribution in [0.15, 0.2) is 23.0 Å². The molecule has 23 heavy (non-hydrogen) atoms. The number of anilines is 1. The van der Waals surface area contributed by atoms with Gasteiger partial charge >= 0.3 is 6.36 Å². The van der Waals surface area contributed by atoms with Gasteiger partial charge in [-0.1, -0.05) is 0 Å². The molecule has 0 unspecified atom stereocenters. The summed E-state index contributed by atoms with van der Waals surface area (Å²) in [6.07, 6.45) is -3.33. The molecule has 10 heteroatoms. The Kier molecular flexibility index (Phi) is 3.51. The Labute approximate surface area is 127 Å². The average Bonchev–Trinajstić information content (AvgIpc) is 2.90. The Hall–Kier alpha value is -2.91. The smallest absolute Gasteiger partial charge is 0.396 e. The van der Waals surface area contributed by atoms with E-state index in [9.17, 15) is 13.2 Å². The Bertz CT molecular complexity index is 862. The summed E-state index contributed by atoms with van der Waals surface area (Å²) in [5.74, 6) is -0.539. The van der Waals surface area contributed by atoms with E-state index in [1.165, 1.54) is 12.3 Å². The monoisotopic (exact) mass is 325 g/mol. The lowest BCUT2D eigenvalue weighted by Gasteiger charge is -2.11. The van der Waals surface area contributed by atoms with Gasteiger partial charge in [0.05, 0.1) is 5.69 Å². The van der Waals surface area contributed by atoms with Gasteiger partial charge in [-0.15, -0.1) is 13.2 Å². The minimum Gasteiger partial charge on any atom is -0.396 e. The van der Waals surface area contributed by atoms with Crippen LogP contribution in [0.4, 0.5) is 18.9 Å². The van der Waals surface area contributed by atoms with Crippen LogP contribution in [0.1, 0.15) is 16.8 Å². The van der Waals surface area contributed by atoms with E-state index in [1.54, 1.807) is 13.0 Å². The topological polar surface area (TPSA) is 100.0 Å². The summed E-state index contributed by atoms with van der Waals surface area (Å²) < 4.78 is 45.1. The van der Waals surface area contributed by atoms with E-state index in [4.69, 9.17) is 5.73 Å². The fraction of sp³-hybridized carbons (Fsp3) is 0.231. The molecular formula is C13H10F3N5O2. The van der Waals surface area contributed by atoms with Crippen LogP contribution in [0, 0.1) is 6.92 Å². The lowest BCUT2D eigenvalue weighted by Crippen LogP contribution is -2.18. The van der Waals surface area contributed by atoms with Crippen molar-refractivity contribution in [3.05, 3.63) is 35.2 Å². The number of pyridine rings is 2. The molecule has 0 atom stereocenters. The summed E-state index contributed by atoms with van der Waals surface area (Å²) in [4.78, 5) is 7.73. The standard InChI is InChI=1S/C13H10F3N5O2/c1-6-8(10(17)11-12(19-6)21-23-20-11)4-7-2-3-18-9(5-7)22-13(14,15)16/h2-3,5H,4,17H2,1H3. The Morgan fingerprint density at radius 3 is 2.83 bits per heavy atom. The maximum Gasteiger partial charge on any atom is 0.574 e. The lowest BCUT2D eigenvalue weighted by molar-refractivity contribution is -0.276. The van der Waals surface area contributed by atoms with Crippen molar-refractivity contribution in [3.63, 3.8) is 0 Å². The van der Waals surface area contributed by atoms with Crippen molar-refractivity contribution in [2.45, 2.75) is 19.7 Å². The number of aryl methyl sites for hydroxylation is 1. The zero-order valence-corrected chi connectivity index (χ0v) is 11.8. The molecule has 0 amide bonds. The Morgan fingerprint density at radius 1 is 1.30 bits per heavy atom. The highest BCUT2D eigenvalue weighted by molar-refractivity contribution is 5.85. The summed E-state index contributed by atoms with van der Waals surface area (Å²) in [7, 11) is 0. The third-order valence-corrected chi connectivity index (χ3v) is 3.16. The van der Waals surface area contributed by atoms with E-state index in [1.807, 2.05) is 0 Å². The van der Waals surface area contributed by atoms with E-state index in [2.05, 4.69) is 29.6 Å². The molecule has 0 fully saturated rings. The van der Waals surface area contributed by atoms with Gasteiger partial charge in [0, 0.05) is 29.9 Å². The van der Waals surface area contributed by atoms with Gasteiger partial charge in [-0.2, -0.15) is 0 Å². The summed E-state index contributed by atoms with van der Waals surface area (Å²) >= 11 is 0. The van der Waals surface area contributed by atoms with Crippen LogP contribution >= 0.6 is 0 Å². The minimum absolute atomic E-state index is 0.240. The number of fused-ring (bicyclic) bond motifs is 1. The molecule has 0 aromatic carbocycles. The van der Waals surface area contributed by atoms with Gasteiger partial charge < -0.3 is 10.5 Å². The van der Waals surface area contributed by atoms with Crippen molar-refractivity contribution in [1.82, 2.24) is 20.3 Å². The van der Waals surface area contributed by atoms with Crippen molar-refractivity contribution in [3.8, 4) is 5.88 Å². The van der Waals surface area contributed by atoms with E-state index < -0.39 is 12.2 Å². The van der Waals surface area contributed by atoms with Crippen LogP contribution < -0.4 is 10.5 Å². The molecule has 2 N–H and O–H groups in total. The van der Waals surface area contributed by atoms with Gasteiger partial charge in [-0.25, -0.2) is 14.6 Å². The third-order valence-electron chi connectivity index (χ3n) is 3.16. The second-order valence-electron chi connectivity index (χ2n) is 4.75. The maximum absolute atomic E-state index is 12.2. The molecule has 0 spiro atoms. The molecule has 120 valence electrons. The molecule has 0 saturated heterocycles. The molecule has 0 radical (unpaired) electrons. The Balaban J connectivity index is 1.94. The molecule has 0 bridgehead atoms. The molecule has 0 aliphatic carbocycles. The van der Waals surface area contributed by atoms with Crippen LogP contribution in [-0.2, 0) is 6.42 Å². The number of rotatable bonds is 3. The average molecular weight is 325 g/mol. The number of hydrogen-bond acceptors (Lipinski definition) is 7. The molecule has 3 aromatic heterocycles. The van der Waals surface area contributed by atoms with Gasteiger partial charge in [-0.05, 0) is 28.9 Å². The number of nitrogen functional groups attached to an aromatic ring is 1. The van der Waals surface area contributed by atoms with Gasteiger partial charge in [0.2, 0.25) is 11.5 Å². The van der Waals surface area contributed by atoms with Crippen molar-refractivity contribution in [2.75, 3.05) is 5.73 Å². The zero-order chi connectivity index (χ0) is 16.6. The number of alkyl halides is 3. The number of halogens is 3. The number of nitrogens with two attached hydrogens (primary N) is 1. The highest BCUT2D eigenvalue weighted by atomic mass is 19.4. The van der Waals surface area contributed by atoms with Crippen LogP contribution in [-0.4, -0.2) is 26.6 Å². The summed E-state index contributed by atoms with van der Waals surface area (Å²) in [6.45, 7) is 1.72. The first-order valence-electron chi connectivity index (χ1n) is 6.41. The van der Waals surface area contributed by atoms with Crippen molar-refractivity contribution < 1.29 is 22.5 Å². The fourth-order valence-corrected chi connectivity index (χ4v) is 2.15. The fourth-order valence-electron chi connectivity index (χ4n) is 2.15. The predicted octanol–water partition coefficient (Wildman–Crippen LogP) is 2.39. The van der Waals surface area contributed by atoms with Crippen molar-refractivity contribution in [1.29, 1.82) is 0 Å². The SMILES string of the molecule is Cc1nc2nonc2c(N)c1Cc1ccnc(OC(F)(F)F)c1. The van der Waals surface area contributed by atoms with Gasteiger partial charge in [0.15, 0.2) is 5.52 Å². The van der Waals surface area contributed by atoms with E-state index in [-0.39, 0.29) is 12.1 Å². The van der Waals surface area contributed by atoms with Gasteiger partial charge in [0.1, 0.15) is 0 Å². The highest BCUT2D eigenvalue weighted by Gasteiger charge is 2.31. The second kappa shape index (κ2) is 5.38. The van der Waals surface area contributed by atoms with E-state index in [0.29, 0.717) is 28.0 Å². The molecular weight excluding hydrogens is 315 g/mol. The second-order valence-corrected chi connectivity index (χ2v) is 4.75. The first kappa shape index (κ1) is 15.0. The summed E-state index contributed by atoms with van der Waals surface area (Å²) in [5, 5.41) is 7.28. The lowest BCUT2D eigenvalue weighted by atomic mass is 10.0. The molecule has 0 saturated carbocycles. The zero-order valence-electron chi connectivity index (χ0n) is 11.8. The minimum atomic E-state index is -4.80. The number of ether oxygens (including phenoxy) is 1. The largest absolute Gasteiger partial charge is 0.574 e. The molecule has 3 rings (SSSR count). The molecule has 0 aliphatic rings. The van der Waals surface area contributed by atoms with Crippen LogP contribution in [0.3, 0.4) is 0 Å². The van der Waals surface area contributed by atoms with Gasteiger partial charge in [-0.3, -0.25) is 0 Å². The third kappa shape index (κ3) is 3.15. The van der Waals surface area contributed by atoms with Crippen LogP contribution in [0.25, 0.3) is 11.2 Å². The molecule has 3 aromatic rings. The van der Waals surface area contributed by atoms with Crippen LogP contribution in [0.2, 0.25) is 0 Å². The first-order chi connectivity index (χ1) is 10.8. The number of hydrogen-bond donors (Lipinski definition) is 1. The molecule has 7 nitrogen and oxygen atoms in total. The van der Waals surface area contributed by atoms with E-state index in [0.717, 1.165) is 0 Å². The van der Waals surface area contributed by atoms with Crippen LogP contribution in [0.5, 0.6) is 5.88 Å². The van der Waals surface area contributed by atoms with Crippen molar-refractivity contribution in [2.24, 2.45) is 0 Å². The number of nitrogens with zero attached hydrogens (tertiary/aromatic N) is 4. The Morgan fingerprint density at radius 2 is 2.09 bits per heavy atom. The quantitative estimate of drug-likeness (QED) is 0.789.